The summed E-state index contributed by atoms with van der Waals surface area (Å²) in [5.74, 6) is -0.872. The maximum absolute atomic E-state index is 12.8. The molecule has 0 aliphatic rings. The Hall–Kier alpha value is -4.63. The fourth-order valence-electron chi connectivity index (χ4n) is 8.20. The number of hydrogen-bond donors (Lipinski definition) is 0. The van der Waals surface area contributed by atoms with E-state index >= 15 is 0 Å². The molecule has 0 radical (unpaired) electrons. The number of esters is 2. The second kappa shape index (κ2) is 62.9. The summed E-state index contributed by atoms with van der Waals surface area (Å²) in [6.07, 6.45) is 95.5. The Labute approximate surface area is 515 Å². The van der Waals surface area contributed by atoms with E-state index in [1.165, 1.54) is 38.5 Å². The Morgan fingerprint density at radius 1 is 0.381 bits per heavy atom. The van der Waals surface area contributed by atoms with Crippen LogP contribution in [0.2, 0.25) is 0 Å². The Balaban J connectivity index is 4.17. The van der Waals surface area contributed by atoms with Crippen LogP contribution in [0.4, 0.5) is 0 Å². The highest BCUT2D eigenvalue weighted by Gasteiger charge is 2.22. The molecule has 10 heteroatoms. The van der Waals surface area contributed by atoms with E-state index in [9.17, 15) is 19.0 Å². The van der Waals surface area contributed by atoms with Crippen LogP contribution in [0.25, 0.3) is 0 Å². The van der Waals surface area contributed by atoms with E-state index in [2.05, 4.69) is 184 Å². The molecule has 84 heavy (non-hydrogen) atoms. The molecule has 0 aliphatic carbocycles. The molecule has 0 heterocycles. The SMILES string of the molecule is CC/C=C\C/C=C\C/C=C\C/C=C\C/C=C\C/C=C\C/C=C\C/C=C\C/C=C\C/C=C\C/C=C\CCCCCCCCCC(=O)OC(COC(=O)CCCCCCCC/C=C\C/C=C\C/C=C\CCCCC)COP(=O)([O-])OCC[N+](C)(C)C. The van der Waals surface area contributed by atoms with Crippen LogP contribution in [0.3, 0.4) is 0 Å². The van der Waals surface area contributed by atoms with E-state index in [0.29, 0.717) is 23.9 Å². The summed E-state index contributed by atoms with van der Waals surface area (Å²) in [6, 6.07) is 0. The first-order valence-corrected chi connectivity index (χ1v) is 34.3. The number of likely N-dealkylation sites (N-methyl/N-ethyl adjacent to an activating group) is 1. The van der Waals surface area contributed by atoms with Gasteiger partial charge in [0, 0.05) is 12.8 Å². The van der Waals surface area contributed by atoms with Crippen LogP contribution in [0, 0.1) is 0 Å². The molecule has 0 rings (SSSR count). The second-order valence-electron chi connectivity index (χ2n) is 22.4. The minimum atomic E-state index is -4.66. The lowest BCUT2D eigenvalue weighted by Gasteiger charge is -2.28. The van der Waals surface area contributed by atoms with E-state index in [1.54, 1.807) is 0 Å². The van der Waals surface area contributed by atoms with Gasteiger partial charge in [0.15, 0.2) is 6.10 Å². The van der Waals surface area contributed by atoms with Crippen molar-refractivity contribution in [2.24, 2.45) is 0 Å². The minimum Gasteiger partial charge on any atom is -0.756 e. The highest BCUT2D eigenvalue weighted by atomic mass is 31.2. The summed E-state index contributed by atoms with van der Waals surface area (Å²) in [4.78, 5) is 37.9. The van der Waals surface area contributed by atoms with Gasteiger partial charge in [-0.05, 0) is 135 Å². The standard InChI is InChI=1S/C74H120NO8P/c1-6-8-10-12-14-16-18-20-22-24-26-27-28-29-30-31-32-33-34-35-36-37-38-39-40-41-42-43-44-45-46-47-49-51-53-55-57-59-61-63-65-67-74(77)83-72(71-82-84(78,79)81-69-68-75(3,4)5)70-80-73(76)66-64-62-60-58-56-54-52-50-48-25-23-21-19-17-15-13-11-9-7-2/h8,10,14-17,20-23,26-27,29-30,32-33,35-36,38-39,41-42,44-45,47-50,72H,6-7,9,11-13,18-19,24-25,28,31,34,37,40,43,46,51-71H2,1-5H3/b10-8-,16-14-,17-15-,22-20-,23-21-,27-26-,30-29-,33-32-,36-35-,39-38-,42-41-,45-44-,49-47-,50-48-. The fraction of sp³-hybridized carbons (Fsp3) is 0.595. The lowest BCUT2D eigenvalue weighted by molar-refractivity contribution is -0.870. The molecule has 0 aromatic carbocycles. The third-order valence-corrected chi connectivity index (χ3v) is 14.2. The van der Waals surface area contributed by atoms with Crippen molar-refractivity contribution in [3.8, 4) is 0 Å². The maximum Gasteiger partial charge on any atom is 0.306 e. The third kappa shape index (κ3) is 66.5. The van der Waals surface area contributed by atoms with Gasteiger partial charge in [-0.2, -0.15) is 0 Å². The molecule has 0 bridgehead atoms. The van der Waals surface area contributed by atoms with Crippen LogP contribution < -0.4 is 4.89 Å². The van der Waals surface area contributed by atoms with E-state index in [4.69, 9.17) is 18.5 Å². The van der Waals surface area contributed by atoms with Crippen LogP contribution in [0.5, 0.6) is 0 Å². The Morgan fingerprint density at radius 3 is 1.01 bits per heavy atom. The van der Waals surface area contributed by atoms with Crippen molar-refractivity contribution >= 4 is 19.8 Å². The van der Waals surface area contributed by atoms with Gasteiger partial charge in [0.2, 0.25) is 0 Å². The summed E-state index contributed by atoms with van der Waals surface area (Å²) in [6.45, 7) is 4.05. The van der Waals surface area contributed by atoms with Crippen molar-refractivity contribution in [1.82, 2.24) is 0 Å². The van der Waals surface area contributed by atoms with Crippen LogP contribution in [0.15, 0.2) is 170 Å². The van der Waals surface area contributed by atoms with Crippen molar-refractivity contribution in [3.63, 3.8) is 0 Å². The van der Waals surface area contributed by atoms with Gasteiger partial charge < -0.3 is 27.9 Å². The van der Waals surface area contributed by atoms with E-state index < -0.39 is 32.5 Å². The normalized spacial score (nSPS) is 14.3. The molecule has 0 aromatic rings. The lowest BCUT2D eigenvalue weighted by Crippen LogP contribution is -2.37. The summed E-state index contributed by atoms with van der Waals surface area (Å²) in [7, 11) is 1.13. The monoisotopic (exact) mass is 1180 g/mol. The molecule has 0 spiro atoms. The molecule has 0 aromatic heterocycles. The van der Waals surface area contributed by atoms with Gasteiger partial charge in [-0.3, -0.25) is 14.2 Å². The number of carbonyl (C=O) groups excluding carboxylic acids is 2. The highest BCUT2D eigenvalue weighted by Crippen LogP contribution is 2.38. The van der Waals surface area contributed by atoms with E-state index in [1.807, 2.05) is 21.1 Å². The number of nitrogens with zero attached hydrogens (tertiary/aromatic N) is 1. The molecule has 0 saturated heterocycles. The topological polar surface area (TPSA) is 111 Å². The number of phosphoric ester groups is 1. The predicted molar refractivity (Wildman–Crippen MR) is 360 cm³/mol. The number of hydrogen-bond acceptors (Lipinski definition) is 8. The first kappa shape index (κ1) is 79.4. The summed E-state index contributed by atoms with van der Waals surface area (Å²) >= 11 is 0. The van der Waals surface area contributed by atoms with Crippen molar-refractivity contribution < 1.29 is 42.1 Å². The third-order valence-electron chi connectivity index (χ3n) is 13.2. The van der Waals surface area contributed by atoms with Gasteiger partial charge in [-0.25, -0.2) is 0 Å². The quantitative estimate of drug-likeness (QED) is 0.0195. The predicted octanol–water partition coefficient (Wildman–Crippen LogP) is 20.7. The van der Waals surface area contributed by atoms with Crippen molar-refractivity contribution in [2.75, 3.05) is 47.5 Å². The number of rotatable bonds is 58. The first-order valence-electron chi connectivity index (χ1n) is 32.8. The van der Waals surface area contributed by atoms with Gasteiger partial charge in [0.25, 0.3) is 7.82 Å². The van der Waals surface area contributed by atoms with Crippen LogP contribution >= 0.6 is 7.82 Å². The van der Waals surface area contributed by atoms with Gasteiger partial charge in [-0.1, -0.05) is 255 Å². The zero-order valence-electron chi connectivity index (χ0n) is 53.8. The Morgan fingerprint density at radius 2 is 0.679 bits per heavy atom. The van der Waals surface area contributed by atoms with Crippen molar-refractivity contribution in [3.05, 3.63) is 170 Å². The summed E-state index contributed by atoms with van der Waals surface area (Å²) in [5.41, 5.74) is 0. The number of carbonyl (C=O) groups is 2. The molecule has 474 valence electrons. The largest absolute Gasteiger partial charge is 0.756 e. The number of phosphoric acid groups is 1. The fourth-order valence-corrected chi connectivity index (χ4v) is 8.92. The average Bonchev–Trinajstić information content (AvgIpc) is 3.61. The van der Waals surface area contributed by atoms with Gasteiger partial charge in [0.05, 0.1) is 27.7 Å². The molecule has 0 fully saturated rings. The maximum atomic E-state index is 12.8. The Bertz CT molecular complexity index is 2020. The smallest absolute Gasteiger partial charge is 0.306 e. The van der Waals surface area contributed by atoms with Gasteiger partial charge >= 0.3 is 11.9 Å². The first-order chi connectivity index (χ1) is 41.0. The molecule has 0 amide bonds. The average molecular weight is 1180 g/mol. The molecular formula is C74H120NO8P. The summed E-state index contributed by atoms with van der Waals surface area (Å²) in [5, 5.41) is 0. The Kier molecular flexibility index (Phi) is 59.4. The number of ether oxygens (including phenoxy) is 2. The molecular weight excluding hydrogens is 1060 g/mol. The zero-order valence-corrected chi connectivity index (χ0v) is 54.7. The van der Waals surface area contributed by atoms with Crippen molar-refractivity contribution in [1.29, 1.82) is 0 Å². The number of quaternary nitrogens is 1. The van der Waals surface area contributed by atoms with Crippen LogP contribution in [-0.4, -0.2) is 70.0 Å². The second-order valence-corrected chi connectivity index (χ2v) is 23.8. The van der Waals surface area contributed by atoms with Crippen LogP contribution in [0.1, 0.15) is 232 Å². The van der Waals surface area contributed by atoms with Crippen LogP contribution in [-0.2, 0) is 32.7 Å². The highest BCUT2D eigenvalue weighted by molar-refractivity contribution is 7.45. The lowest BCUT2D eigenvalue weighted by atomic mass is 10.1. The number of unbranched alkanes of at least 4 members (excludes halogenated alkanes) is 16. The van der Waals surface area contributed by atoms with Gasteiger partial charge in [0.1, 0.15) is 19.8 Å². The van der Waals surface area contributed by atoms with Gasteiger partial charge in [-0.15, -0.1) is 0 Å². The summed E-state index contributed by atoms with van der Waals surface area (Å²) < 4.78 is 34.2. The molecule has 2 unspecified atom stereocenters. The molecule has 0 N–H and O–H groups in total. The molecule has 2 atom stereocenters. The van der Waals surface area contributed by atoms with E-state index in [0.717, 1.165) is 154 Å². The zero-order chi connectivity index (χ0) is 61.2. The minimum absolute atomic E-state index is 0.0445. The van der Waals surface area contributed by atoms with E-state index in [-0.39, 0.29) is 26.1 Å². The number of allylic oxidation sites excluding steroid dienone is 28. The molecule has 0 aliphatic heterocycles. The molecule has 9 nitrogen and oxygen atoms in total. The van der Waals surface area contributed by atoms with Crippen molar-refractivity contribution in [2.45, 2.75) is 238 Å². The molecule has 0 saturated carbocycles.